The van der Waals surface area contributed by atoms with Crippen LogP contribution >= 0.6 is 27.7 Å². The molecule has 7 heteroatoms. The van der Waals surface area contributed by atoms with E-state index < -0.39 is 23.9 Å². The van der Waals surface area contributed by atoms with E-state index in [1.54, 1.807) is 11.9 Å². The minimum atomic E-state index is -1.08. The molecule has 0 saturated carbocycles. The molecule has 0 radical (unpaired) electrons. The second-order valence-corrected chi connectivity index (χ2v) is 6.93. The average molecular weight is 360 g/mol. The van der Waals surface area contributed by atoms with E-state index >= 15 is 0 Å². The van der Waals surface area contributed by atoms with Gasteiger partial charge in [-0.3, -0.25) is 14.5 Å². The number of likely N-dealkylation sites (tertiary alicyclic amines) is 1. The van der Waals surface area contributed by atoms with Gasteiger partial charge in [0.2, 0.25) is 0 Å². The van der Waals surface area contributed by atoms with Gasteiger partial charge in [0.1, 0.15) is 6.04 Å². The predicted octanol–water partition coefficient (Wildman–Crippen LogP) is 2.01. The van der Waals surface area contributed by atoms with E-state index in [1.807, 2.05) is 24.3 Å². The maximum atomic E-state index is 11.4. The zero-order valence-electron chi connectivity index (χ0n) is 10.7. The second-order valence-electron chi connectivity index (χ2n) is 4.70. The van der Waals surface area contributed by atoms with Gasteiger partial charge in [0.25, 0.3) is 0 Å². The summed E-state index contributed by atoms with van der Waals surface area (Å²) in [6, 6.07) is 6.57. The molecule has 0 aliphatic carbocycles. The molecule has 2 rings (SSSR count). The Kier molecular flexibility index (Phi) is 4.72. The summed E-state index contributed by atoms with van der Waals surface area (Å²) >= 11 is 4.76. The molecule has 1 fully saturated rings. The fourth-order valence-corrected chi connectivity index (χ4v) is 4.05. The quantitative estimate of drug-likeness (QED) is 0.855. The SMILES string of the molecule is CN1C[C@H](Sc2ccc(Br)cc2)[C@@H](C(=O)O)[C@H]1C(=O)O. The van der Waals surface area contributed by atoms with Gasteiger partial charge in [0.15, 0.2) is 0 Å². The van der Waals surface area contributed by atoms with Crippen LogP contribution in [0.5, 0.6) is 0 Å². The van der Waals surface area contributed by atoms with Crippen LogP contribution in [0.2, 0.25) is 0 Å². The number of carbonyl (C=O) groups is 2. The largest absolute Gasteiger partial charge is 0.481 e. The monoisotopic (exact) mass is 359 g/mol. The molecule has 5 nitrogen and oxygen atoms in total. The standard InChI is InChI=1S/C13H14BrNO4S/c1-15-6-9(10(12(16)17)11(15)13(18)19)20-8-4-2-7(14)3-5-8/h2-5,9-11H,6H2,1H3,(H,16,17)(H,18,19)/t9-,10+,11-/m0/s1. The van der Waals surface area contributed by atoms with Gasteiger partial charge in [-0.2, -0.15) is 0 Å². The Morgan fingerprint density at radius 3 is 2.35 bits per heavy atom. The van der Waals surface area contributed by atoms with Crippen LogP contribution in [0.25, 0.3) is 0 Å². The minimum Gasteiger partial charge on any atom is -0.481 e. The molecule has 1 aliphatic heterocycles. The van der Waals surface area contributed by atoms with E-state index in [4.69, 9.17) is 0 Å². The Morgan fingerprint density at radius 2 is 1.85 bits per heavy atom. The van der Waals surface area contributed by atoms with Gasteiger partial charge in [-0.25, -0.2) is 0 Å². The molecule has 0 unspecified atom stereocenters. The van der Waals surface area contributed by atoms with Crippen molar-refractivity contribution in [3.8, 4) is 0 Å². The summed E-state index contributed by atoms with van der Waals surface area (Å²) in [5, 5.41) is 18.3. The van der Waals surface area contributed by atoms with Crippen LogP contribution in [-0.2, 0) is 9.59 Å². The van der Waals surface area contributed by atoms with Gasteiger partial charge in [-0.15, -0.1) is 11.8 Å². The maximum absolute atomic E-state index is 11.4. The fourth-order valence-electron chi connectivity index (χ4n) is 2.42. The van der Waals surface area contributed by atoms with Crippen molar-refractivity contribution in [1.82, 2.24) is 4.90 Å². The van der Waals surface area contributed by atoms with Crippen molar-refractivity contribution in [2.45, 2.75) is 16.2 Å². The molecule has 20 heavy (non-hydrogen) atoms. The molecular weight excluding hydrogens is 346 g/mol. The number of hydrogen-bond donors (Lipinski definition) is 2. The molecule has 2 N–H and O–H groups in total. The van der Waals surface area contributed by atoms with Gasteiger partial charge < -0.3 is 10.2 Å². The first-order chi connectivity index (χ1) is 9.40. The molecular formula is C13H14BrNO4S. The topological polar surface area (TPSA) is 77.8 Å². The zero-order chi connectivity index (χ0) is 14.9. The smallest absolute Gasteiger partial charge is 0.321 e. The Balaban J connectivity index is 2.20. The lowest BCUT2D eigenvalue weighted by Crippen LogP contribution is -2.40. The fraction of sp³-hybridized carbons (Fsp3) is 0.385. The molecule has 1 heterocycles. The van der Waals surface area contributed by atoms with Gasteiger partial charge in [-0.1, -0.05) is 15.9 Å². The number of benzene rings is 1. The van der Waals surface area contributed by atoms with Crippen molar-refractivity contribution in [2.75, 3.05) is 13.6 Å². The summed E-state index contributed by atoms with van der Waals surface area (Å²) in [7, 11) is 1.65. The molecule has 0 amide bonds. The molecule has 1 saturated heterocycles. The van der Waals surface area contributed by atoms with Crippen molar-refractivity contribution >= 4 is 39.6 Å². The number of nitrogens with zero attached hydrogens (tertiary/aromatic N) is 1. The van der Waals surface area contributed by atoms with Crippen LogP contribution in [0.4, 0.5) is 0 Å². The normalized spacial score (nSPS) is 26.6. The molecule has 0 spiro atoms. The Morgan fingerprint density at radius 1 is 1.25 bits per heavy atom. The highest BCUT2D eigenvalue weighted by molar-refractivity contribution is 9.10. The molecule has 1 aromatic rings. The van der Waals surface area contributed by atoms with E-state index in [1.165, 1.54) is 11.8 Å². The lowest BCUT2D eigenvalue weighted by Gasteiger charge is -2.18. The number of carboxylic acids is 2. The predicted molar refractivity (Wildman–Crippen MR) is 79.0 cm³/mol. The van der Waals surface area contributed by atoms with E-state index in [2.05, 4.69) is 15.9 Å². The molecule has 0 aromatic heterocycles. The Hall–Kier alpha value is -1.05. The summed E-state index contributed by atoms with van der Waals surface area (Å²) < 4.78 is 0.948. The third kappa shape index (κ3) is 3.16. The van der Waals surface area contributed by atoms with Crippen molar-refractivity contribution in [3.05, 3.63) is 28.7 Å². The average Bonchev–Trinajstić information content (AvgIpc) is 2.69. The first-order valence-electron chi connectivity index (χ1n) is 5.98. The molecule has 1 aromatic carbocycles. The van der Waals surface area contributed by atoms with Gasteiger partial charge in [-0.05, 0) is 31.3 Å². The minimum absolute atomic E-state index is 0.278. The van der Waals surface area contributed by atoms with Crippen molar-refractivity contribution < 1.29 is 19.8 Å². The highest BCUT2D eigenvalue weighted by atomic mass is 79.9. The number of aliphatic carboxylic acids is 2. The van der Waals surface area contributed by atoms with Gasteiger partial charge in [0.05, 0.1) is 5.92 Å². The van der Waals surface area contributed by atoms with Gasteiger partial charge >= 0.3 is 11.9 Å². The van der Waals surface area contributed by atoms with Crippen LogP contribution in [0.15, 0.2) is 33.6 Å². The summed E-state index contributed by atoms with van der Waals surface area (Å²) in [4.78, 5) is 25.2. The molecule has 0 bridgehead atoms. The number of hydrogen-bond acceptors (Lipinski definition) is 4. The van der Waals surface area contributed by atoms with E-state index in [0.717, 1.165) is 9.37 Å². The number of rotatable bonds is 4. The lowest BCUT2D eigenvalue weighted by atomic mass is 10.0. The van der Waals surface area contributed by atoms with Crippen LogP contribution in [0, 0.1) is 5.92 Å². The van der Waals surface area contributed by atoms with Crippen LogP contribution < -0.4 is 0 Å². The van der Waals surface area contributed by atoms with Crippen LogP contribution in [0.3, 0.4) is 0 Å². The summed E-state index contributed by atoms with van der Waals surface area (Å²) in [5.74, 6) is -3.05. The maximum Gasteiger partial charge on any atom is 0.321 e. The number of thioether (sulfide) groups is 1. The molecule has 3 atom stereocenters. The van der Waals surface area contributed by atoms with Crippen molar-refractivity contribution in [1.29, 1.82) is 0 Å². The number of carboxylic acid groups (broad SMARTS) is 2. The van der Waals surface area contributed by atoms with Gasteiger partial charge in [0, 0.05) is 21.2 Å². The molecule has 1 aliphatic rings. The Bertz CT molecular complexity index is 522. The first-order valence-corrected chi connectivity index (χ1v) is 7.65. The van der Waals surface area contributed by atoms with E-state index in [9.17, 15) is 19.8 Å². The summed E-state index contributed by atoms with van der Waals surface area (Å²) in [6.07, 6.45) is 0. The number of likely N-dealkylation sites (N-methyl/N-ethyl adjacent to an activating group) is 1. The van der Waals surface area contributed by atoms with E-state index in [-0.39, 0.29) is 5.25 Å². The lowest BCUT2D eigenvalue weighted by molar-refractivity contribution is -0.151. The zero-order valence-corrected chi connectivity index (χ0v) is 13.1. The Labute approximate surface area is 129 Å². The third-order valence-electron chi connectivity index (χ3n) is 3.32. The number of halogens is 1. The van der Waals surface area contributed by atoms with E-state index in [0.29, 0.717) is 6.54 Å². The first kappa shape index (κ1) is 15.3. The third-order valence-corrected chi connectivity index (χ3v) is 5.14. The van der Waals surface area contributed by atoms with Crippen LogP contribution in [0.1, 0.15) is 0 Å². The second kappa shape index (κ2) is 6.15. The van der Waals surface area contributed by atoms with Crippen molar-refractivity contribution in [2.24, 2.45) is 5.92 Å². The van der Waals surface area contributed by atoms with Crippen molar-refractivity contribution in [3.63, 3.8) is 0 Å². The summed E-state index contributed by atoms with van der Waals surface area (Å²) in [6.45, 7) is 0.439. The molecule has 108 valence electrons. The summed E-state index contributed by atoms with van der Waals surface area (Å²) in [5.41, 5.74) is 0. The highest BCUT2D eigenvalue weighted by Crippen LogP contribution is 2.37. The van der Waals surface area contributed by atoms with Crippen LogP contribution in [-0.4, -0.2) is 51.9 Å². The highest BCUT2D eigenvalue weighted by Gasteiger charge is 2.48.